The minimum Gasteiger partial charge on any atom is -0.481 e. The molecule has 2 aromatic rings. The molecule has 1 amide bonds. The fourth-order valence-corrected chi connectivity index (χ4v) is 2.02. The average molecular weight is 334 g/mol. The predicted molar refractivity (Wildman–Crippen MR) is 80.8 cm³/mol. The third-order valence-corrected chi connectivity index (χ3v) is 3.14. The van der Waals surface area contributed by atoms with Crippen LogP contribution in [0.25, 0.3) is 0 Å². The first-order valence-corrected chi connectivity index (χ1v) is 7.02. The number of anilines is 1. The van der Waals surface area contributed by atoms with Crippen LogP contribution < -0.4 is 9.64 Å². The molecule has 24 heavy (non-hydrogen) atoms. The van der Waals surface area contributed by atoms with Gasteiger partial charge in [0.25, 0.3) is 5.91 Å². The fraction of sp³-hybridized carbons (Fsp3) is 0.176. The van der Waals surface area contributed by atoms with Crippen LogP contribution in [0.15, 0.2) is 42.5 Å². The third-order valence-electron chi connectivity index (χ3n) is 3.14. The van der Waals surface area contributed by atoms with Crippen molar-refractivity contribution in [2.45, 2.75) is 6.42 Å². The zero-order valence-corrected chi connectivity index (χ0v) is 12.5. The fourth-order valence-electron chi connectivity index (χ4n) is 2.02. The topological polar surface area (TPSA) is 53.3 Å². The van der Waals surface area contributed by atoms with Crippen molar-refractivity contribution in [3.05, 3.63) is 59.9 Å². The average Bonchev–Trinajstić information content (AvgIpc) is 2.56. The molecule has 0 N–H and O–H groups in total. The zero-order chi connectivity index (χ0) is 17.5. The molecular weight excluding hydrogens is 321 g/mol. The van der Waals surface area contributed by atoms with Crippen molar-refractivity contribution in [3.63, 3.8) is 0 Å². The summed E-state index contributed by atoms with van der Waals surface area (Å²) in [6.45, 7) is -0.617. The van der Waals surface area contributed by atoms with E-state index in [0.717, 1.165) is 17.0 Å². The number of halogens is 3. The summed E-state index contributed by atoms with van der Waals surface area (Å²) in [6, 6.07) is 10.1. The summed E-state index contributed by atoms with van der Waals surface area (Å²) in [6.07, 6.45) is -0.00894. The lowest BCUT2D eigenvalue weighted by molar-refractivity contribution is -0.120. The van der Waals surface area contributed by atoms with E-state index in [4.69, 9.17) is 10.00 Å². The van der Waals surface area contributed by atoms with Gasteiger partial charge in [-0.2, -0.15) is 5.26 Å². The van der Waals surface area contributed by atoms with E-state index in [1.54, 1.807) is 6.07 Å². The molecule has 4 nitrogen and oxygen atoms in total. The molecule has 0 bridgehead atoms. The Bertz CT molecular complexity index is 775. The summed E-state index contributed by atoms with van der Waals surface area (Å²) in [4.78, 5) is 13.3. The second kappa shape index (κ2) is 8.02. The van der Waals surface area contributed by atoms with Crippen LogP contribution in [0.5, 0.6) is 5.75 Å². The Kier molecular flexibility index (Phi) is 5.79. The Morgan fingerprint density at radius 3 is 2.54 bits per heavy atom. The quantitative estimate of drug-likeness (QED) is 0.813. The second-order valence-electron chi connectivity index (χ2n) is 4.77. The van der Waals surface area contributed by atoms with Crippen LogP contribution in [0.4, 0.5) is 18.9 Å². The number of carbonyl (C=O) groups is 1. The van der Waals surface area contributed by atoms with Gasteiger partial charge in [0.2, 0.25) is 0 Å². The first-order valence-electron chi connectivity index (χ1n) is 7.02. The minimum atomic E-state index is -0.947. The number of amides is 1. The predicted octanol–water partition coefficient (Wildman–Crippen LogP) is 3.43. The van der Waals surface area contributed by atoms with Gasteiger partial charge in [0.1, 0.15) is 11.6 Å². The summed E-state index contributed by atoms with van der Waals surface area (Å²) in [5.74, 6) is -3.29. The number of nitriles is 1. The van der Waals surface area contributed by atoms with E-state index >= 15 is 0 Å². The molecule has 0 radical (unpaired) electrons. The monoisotopic (exact) mass is 334 g/mol. The summed E-state index contributed by atoms with van der Waals surface area (Å²) in [5, 5.41) is 8.69. The lowest BCUT2D eigenvalue weighted by Crippen LogP contribution is -2.36. The number of para-hydroxylation sites is 1. The summed E-state index contributed by atoms with van der Waals surface area (Å²) < 4.78 is 45.3. The Morgan fingerprint density at radius 1 is 1.12 bits per heavy atom. The Balaban J connectivity index is 2.13. The highest BCUT2D eigenvalue weighted by molar-refractivity contribution is 5.94. The van der Waals surface area contributed by atoms with Gasteiger partial charge in [-0.25, -0.2) is 13.2 Å². The number of hydrogen-bond donors (Lipinski definition) is 0. The van der Waals surface area contributed by atoms with Crippen LogP contribution in [0, 0.1) is 28.8 Å². The molecule has 7 heteroatoms. The van der Waals surface area contributed by atoms with Crippen molar-refractivity contribution in [2.75, 3.05) is 18.1 Å². The maximum absolute atomic E-state index is 13.9. The van der Waals surface area contributed by atoms with E-state index in [1.807, 2.05) is 6.07 Å². The van der Waals surface area contributed by atoms with Gasteiger partial charge in [0.15, 0.2) is 18.2 Å². The Labute approximate surface area is 136 Å². The van der Waals surface area contributed by atoms with E-state index < -0.39 is 30.0 Å². The number of benzene rings is 2. The smallest absolute Gasteiger partial charge is 0.265 e. The lowest BCUT2D eigenvalue weighted by atomic mass is 10.2. The molecule has 124 valence electrons. The molecule has 0 saturated carbocycles. The van der Waals surface area contributed by atoms with Crippen LogP contribution in [0.1, 0.15) is 6.42 Å². The molecule has 0 unspecified atom stereocenters. The summed E-state index contributed by atoms with van der Waals surface area (Å²) >= 11 is 0. The largest absolute Gasteiger partial charge is 0.481 e. The minimum absolute atomic E-state index is 0.000859. The first kappa shape index (κ1) is 17.3. The third kappa shape index (κ3) is 4.26. The maximum atomic E-state index is 13.9. The van der Waals surface area contributed by atoms with Crippen LogP contribution >= 0.6 is 0 Å². The SMILES string of the molecule is N#CCCN(C(=O)COc1ccc(F)cc1F)c1ccccc1F. The number of ether oxygens (including phenoxy) is 1. The van der Waals surface area contributed by atoms with Gasteiger partial charge in [-0.15, -0.1) is 0 Å². The van der Waals surface area contributed by atoms with Crippen molar-refractivity contribution in [2.24, 2.45) is 0 Å². The van der Waals surface area contributed by atoms with Crippen molar-refractivity contribution in [1.29, 1.82) is 5.26 Å². The first-order chi connectivity index (χ1) is 11.5. The highest BCUT2D eigenvalue weighted by atomic mass is 19.1. The van der Waals surface area contributed by atoms with Crippen molar-refractivity contribution in [1.82, 2.24) is 0 Å². The molecule has 0 aromatic heterocycles. The molecule has 2 rings (SSSR count). The van der Waals surface area contributed by atoms with Gasteiger partial charge in [-0.1, -0.05) is 12.1 Å². The van der Waals surface area contributed by atoms with E-state index in [1.165, 1.54) is 18.2 Å². The van der Waals surface area contributed by atoms with Gasteiger partial charge in [-0.05, 0) is 24.3 Å². The molecule has 0 aliphatic rings. The van der Waals surface area contributed by atoms with E-state index in [2.05, 4.69) is 0 Å². The Morgan fingerprint density at radius 2 is 1.88 bits per heavy atom. The molecule has 0 aliphatic heterocycles. The number of carbonyl (C=O) groups excluding carboxylic acids is 1. The molecule has 0 atom stereocenters. The van der Waals surface area contributed by atoms with Crippen LogP contribution in [-0.4, -0.2) is 19.1 Å². The highest BCUT2D eigenvalue weighted by Gasteiger charge is 2.19. The number of hydrogen-bond acceptors (Lipinski definition) is 3. The zero-order valence-electron chi connectivity index (χ0n) is 12.5. The van der Waals surface area contributed by atoms with Gasteiger partial charge < -0.3 is 9.64 Å². The van der Waals surface area contributed by atoms with Crippen molar-refractivity contribution < 1.29 is 22.7 Å². The van der Waals surface area contributed by atoms with E-state index in [9.17, 15) is 18.0 Å². The van der Waals surface area contributed by atoms with Gasteiger partial charge in [0, 0.05) is 12.6 Å². The molecule has 2 aromatic carbocycles. The number of rotatable bonds is 6. The lowest BCUT2D eigenvalue weighted by Gasteiger charge is -2.22. The van der Waals surface area contributed by atoms with E-state index in [0.29, 0.717) is 6.07 Å². The van der Waals surface area contributed by atoms with Gasteiger partial charge in [-0.3, -0.25) is 4.79 Å². The van der Waals surface area contributed by atoms with Crippen LogP contribution in [0.3, 0.4) is 0 Å². The van der Waals surface area contributed by atoms with Gasteiger partial charge >= 0.3 is 0 Å². The van der Waals surface area contributed by atoms with Crippen LogP contribution in [-0.2, 0) is 4.79 Å². The van der Waals surface area contributed by atoms with Crippen molar-refractivity contribution >= 4 is 11.6 Å². The summed E-state index contributed by atoms with van der Waals surface area (Å²) in [7, 11) is 0. The molecule has 0 aliphatic carbocycles. The molecular formula is C17H13F3N2O2. The molecule has 0 heterocycles. The number of nitrogens with zero attached hydrogens (tertiary/aromatic N) is 2. The summed E-state index contributed by atoms with van der Waals surface area (Å²) in [5.41, 5.74) is 0.000859. The Hall–Kier alpha value is -3.01. The molecule has 0 fully saturated rings. The van der Waals surface area contributed by atoms with Gasteiger partial charge in [0.05, 0.1) is 18.2 Å². The standard InChI is InChI=1S/C17H13F3N2O2/c18-12-6-7-16(14(20)10-12)24-11-17(23)22(9-3-8-21)15-5-2-1-4-13(15)19/h1-2,4-7,10H,3,9,11H2. The maximum Gasteiger partial charge on any atom is 0.265 e. The second-order valence-corrected chi connectivity index (χ2v) is 4.77. The van der Waals surface area contributed by atoms with E-state index in [-0.39, 0.29) is 24.4 Å². The van der Waals surface area contributed by atoms with Crippen molar-refractivity contribution in [3.8, 4) is 11.8 Å². The molecule has 0 saturated heterocycles. The normalized spacial score (nSPS) is 10.1. The molecule has 0 spiro atoms. The van der Waals surface area contributed by atoms with Crippen LogP contribution in [0.2, 0.25) is 0 Å². The highest BCUT2D eigenvalue weighted by Crippen LogP contribution is 2.21.